The number of hydrogen-bond acceptors (Lipinski definition) is 3. The van der Waals surface area contributed by atoms with Crippen molar-refractivity contribution in [3.63, 3.8) is 0 Å². The third-order valence-electron chi connectivity index (χ3n) is 2.90. The molecular formula is C12H16N2O3S. The molecule has 0 aliphatic carbocycles. The number of nitrogens with zero attached hydrogens (tertiary/aromatic N) is 1. The molecule has 0 spiro atoms. The van der Waals surface area contributed by atoms with Crippen LogP contribution in [-0.2, 0) is 14.8 Å². The molecule has 6 heteroatoms. The average Bonchev–Trinajstić information content (AvgIpc) is 2.45. The topological polar surface area (TPSA) is 66.5 Å². The molecule has 1 N–H and O–H groups in total. The maximum Gasteiger partial charge on any atom is 0.243 e. The lowest BCUT2D eigenvalue weighted by Crippen LogP contribution is -2.37. The summed E-state index contributed by atoms with van der Waals surface area (Å²) in [6, 6.07) is 6.60. The highest BCUT2D eigenvalue weighted by molar-refractivity contribution is 7.89. The van der Waals surface area contributed by atoms with Gasteiger partial charge in [0.1, 0.15) is 4.90 Å². The van der Waals surface area contributed by atoms with Gasteiger partial charge in [0.25, 0.3) is 0 Å². The van der Waals surface area contributed by atoms with Gasteiger partial charge in [-0.05, 0) is 18.6 Å². The van der Waals surface area contributed by atoms with Crippen LogP contribution in [0.25, 0.3) is 0 Å². The molecule has 0 bridgehead atoms. The minimum atomic E-state index is -3.58. The van der Waals surface area contributed by atoms with Gasteiger partial charge in [-0.15, -0.1) is 0 Å². The van der Waals surface area contributed by atoms with Gasteiger partial charge < -0.3 is 4.90 Å². The van der Waals surface area contributed by atoms with Gasteiger partial charge >= 0.3 is 0 Å². The Balaban J connectivity index is 2.50. The molecule has 0 saturated carbocycles. The molecule has 1 aromatic rings. The first kappa shape index (κ1) is 13.0. The van der Waals surface area contributed by atoms with E-state index < -0.39 is 10.0 Å². The second-order valence-electron chi connectivity index (χ2n) is 4.19. The van der Waals surface area contributed by atoms with Gasteiger partial charge in [0.15, 0.2) is 0 Å². The number of rotatable bonds is 3. The first-order valence-corrected chi connectivity index (χ1v) is 7.43. The van der Waals surface area contributed by atoms with E-state index in [1.807, 2.05) is 6.92 Å². The van der Waals surface area contributed by atoms with Gasteiger partial charge in [0.05, 0.1) is 12.2 Å². The highest BCUT2D eigenvalue weighted by atomic mass is 32.2. The number of fused-ring (bicyclic) bond motifs is 1. The van der Waals surface area contributed by atoms with Crippen molar-refractivity contribution in [1.82, 2.24) is 4.72 Å². The lowest BCUT2D eigenvalue weighted by Gasteiger charge is -2.21. The number of para-hydroxylation sites is 1. The zero-order valence-electron chi connectivity index (χ0n) is 10.2. The van der Waals surface area contributed by atoms with E-state index in [-0.39, 0.29) is 17.3 Å². The SMILES string of the molecule is CCCCN1C(=O)CNS(=O)(=O)c2ccccc21. The number of anilines is 1. The summed E-state index contributed by atoms with van der Waals surface area (Å²) in [5, 5.41) is 0. The number of carbonyl (C=O) groups excluding carboxylic acids is 1. The lowest BCUT2D eigenvalue weighted by molar-refractivity contribution is -0.117. The molecular weight excluding hydrogens is 252 g/mol. The van der Waals surface area contributed by atoms with Crippen LogP contribution >= 0.6 is 0 Å². The first-order valence-electron chi connectivity index (χ1n) is 5.95. The second kappa shape index (κ2) is 5.07. The Kier molecular flexibility index (Phi) is 3.68. The Morgan fingerprint density at radius 1 is 1.33 bits per heavy atom. The van der Waals surface area contributed by atoms with E-state index in [0.717, 1.165) is 12.8 Å². The molecule has 2 rings (SSSR count). The summed E-state index contributed by atoms with van der Waals surface area (Å²) < 4.78 is 26.3. The van der Waals surface area contributed by atoms with E-state index >= 15 is 0 Å². The zero-order chi connectivity index (χ0) is 13.2. The molecule has 1 heterocycles. The Hall–Kier alpha value is -1.40. The summed E-state index contributed by atoms with van der Waals surface area (Å²) in [5.74, 6) is -0.211. The maximum absolute atomic E-state index is 12.0. The Morgan fingerprint density at radius 3 is 2.78 bits per heavy atom. The van der Waals surface area contributed by atoms with E-state index in [1.165, 1.54) is 6.07 Å². The van der Waals surface area contributed by atoms with Gasteiger partial charge in [0, 0.05) is 6.54 Å². The highest BCUT2D eigenvalue weighted by Gasteiger charge is 2.29. The van der Waals surface area contributed by atoms with Gasteiger partial charge in [-0.2, -0.15) is 0 Å². The van der Waals surface area contributed by atoms with E-state index in [2.05, 4.69) is 4.72 Å². The van der Waals surface area contributed by atoms with Crippen molar-refractivity contribution < 1.29 is 13.2 Å². The fourth-order valence-corrected chi connectivity index (χ4v) is 3.11. The van der Waals surface area contributed by atoms with Gasteiger partial charge in [0.2, 0.25) is 15.9 Å². The summed E-state index contributed by atoms with van der Waals surface area (Å²) in [5.41, 5.74) is 0.473. The van der Waals surface area contributed by atoms with Crippen LogP contribution in [0.1, 0.15) is 19.8 Å². The predicted molar refractivity (Wildman–Crippen MR) is 68.9 cm³/mol. The summed E-state index contributed by atoms with van der Waals surface area (Å²) in [6.45, 7) is 2.40. The number of hydrogen-bond donors (Lipinski definition) is 1. The van der Waals surface area contributed by atoms with Crippen molar-refractivity contribution in [3.8, 4) is 0 Å². The molecule has 1 amide bonds. The minimum absolute atomic E-state index is 0.173. The Morgan fingerprint density at radius 2 is 2.06 bits per heavy atom. The molecule has 18 heavy (non-hydrogen) atoms. The number of sulfonamides is 1. The maximum atomic E-state index is 12.0. The molecule has 0 radical (unpaired) electrons. The van der Waals surface area contributed by atoms with Crippen LogP contribution in [0.15, 0.2) is 29.2 Å². The van der Waals surface area contributed by atoms with Crippen molar-refractivity contribution in [2.75, 3.05) is 18.0 Å². The van der Waals surface area contributed by atoms with E-state index in [9.17, 15) is 13.2 Å². The van der Waals surface area contributed by atoms with Crippen molar-refractivity contribution in [2.24, 2.45) is 0 Å². The summed E-state index contributed by atoms with van der Waals surface area (Å²) in [4.78, 5) is 13.7. The first-order chi connectivity index (χ1) is 8.56. The molecule has 98 valence electrons. The highest BCUT2D eigenvalue weighted by Crippen LogP contribution is 2.27. The van der Waals surface area contributed by atoms with Crippen LogP contribution in [0.5, 0.6) is 0 Å². The number of benzene rings is 1. The zero-order valence-corrected chi connectivity index (χ0v) is 11.0. The third kappa shape index (κ3) is 2.39. The molecule has 1 aliphatic heterocycles. The smallest absolute Gasteiger partial charge is 0.243 e. The quantitative estimate of drug-likeness (QED) is 0.893. The summed E-state index contributed by atoms with van der Waals surface area (Å²) >= 11 is 0. The molecule has 0 atom stereocenters. The van der Waals surface area contributed by atoms with Gasteiger partial charge in [-0.3, -0.25) is 4.79 Å². The van der Waals surface area contributed by atoms with E-state index in [4.69, 9.17) is 0 Å². The van der Waals surface area contributed by atoms with Gasteiger partial charge in [-0.25, -0.2) is 13.1 Å². The van der Waals surface area contributed by atoms with Crippen LogP contribution in [0, 0.1) is 0 Å². The minimum Gasteiger partial charge on any atom is -0.310 e. The molecule has 1 aliphatic rings. The Labute approximate surface area is 107 Å². The monoisotopic (exact) mass is 268 g/mol. The average molecular weight is 268 g/mol. The lowest BCUT2D eigenvalue weighted by atomic mass is 10.2. The fourth-order valence-electron chi connectivity index (χ4n) is 1.93. The van der Waals surface area contributed by atoms with Crippen LogP contribution in [0.4, 0.5) is 5.69 Å². The Bertz CT molecular complexity index is 554. The normalized spacial score (nSPS) is 18.3. The summed E-state index contributed by atoms with van der Waals surface area (Å²) in [7, 11) is -3.58. The molecule has 0 aromatic heterocycles. The van der Waals surface area contributed by atoms with Crippen molar-refractivity contribution >= 4 is 21.6 Å². The largest absolute Gasteiger partial charge is 0.310 e. The number of nitrogens with one attached hydrogen (secondary N) is 1. The summed E-state index contributed by atoms with van der Waals surface area (Å²) in [6.07, 6.45) is 1.80. The van der Waals surface area contributed by atoms with Crippen LogP contribution in [-0.4, -0.2) is 27.4 Å². The third-order valence-corrected chi connectivity index (χ3v) is 4.34. The number of carbonyl (C=O) groups is 1. The van der Waals surface area contributed by atoms with Crippen LogP contribution in [0.2, 0.25) is 0 Å². The fraction of sp³-hybridized carbons (Fsp3) is 0.417. The second-order valence-corrected chi connectivity index (χ2v) is 5.93. The van der Waals surface area contributed by atoms with Crippen LogP contribution < -0.4 is 9.62 Å². The number of amides is 1. The van der Waals surface area contributed by atoms with Crippen molar-refractivity contribution in [1.29, 1.82) is 0 Å². The van der Waals surface area contributed by atoms with Crippen molar-refractivity contribution in [3.05, 3.63) is 24.3 Å². The number of unbranched alkanes of at least 4 members (excludes halogenated alkanes) is 1. The molecule has 5 nitrogen and oxygen atoms in total. The van der Waals surface area contributed by atoms with E-state index in [1.54, 1.807) is 23.1 Å². The van der Waals surface area contributed by atoms with Crippen LogP contribution in [0.3, 0.4) is 0 Å². The van der Waals surface area contributed by atoms with E-state index in [0.29, 0.717) is 12.2 Å². The van der Waals surface area contributed by atoms with Gasteiger partial charge in [-0.1, -0.05) is 25.5 Å². The molecule has 0 fully saturated rings. The predicted octanol–water partition coefficient (Wildman–Crippen LogP) is 1.11. The molecule has 1 aromatic carbocycles. The molecule has 0 saturated heterocycles. The standard InChI is InChI=1S/C12H16N2O3S/c1-2-3-8-14-10-6-4-5-7-11(10)18(16,17)13-9-12(14)15/h4-7,13H,2-3,8-9H2,1H3. The van der Waals surface area contributed by atoms with Crippen molar-refractivity contribution in [2.45, 2.75) is 24.7 Å². The molecule has 0 unspecified atom stereocenters.